The van der Waals surface area contributed by atoms with Crippen molar-refractivity contribution in [1.29, 1.82) is 0 Å². The highest BCUT2D eigenvalue weighted by Gasteiger charge is 2.24. The Hall–Kier alpha value is -2.95. The van der Waals surface area contributed by atoms with Gasteiger partial charge in [-0.1, -0.05) is 18.2 Å². The predicted octanol–water partition coefficient (Wildman–Crippen LogP) is 3.50. The molecule has 5 nitrogen and oxygen atoms in total. The topological polar surface area (TPSA) is 49.8 Å². The van der Waals surface area contributed by atoms with Gasteiger partial charge < -0.3 is 18.6 Å². The third kappa shape index (κ3) is 2.80. The second-order valence-corrected chi connectivity index (χ2v) is 5.76. The number of nitrogens with zero attached hydrogens (tertiary/aromatic N) is 2. The van der Waals surface area contributed by atoms with Crippen LogP contribution in [0.5, 0.6) is 0 Å². The molecule has 0 atom stereocenters. The van der Waals surface area contributed by atoms with Crippen molar-refractivity contribution in [3.8, 4) is 11.5 Å². The van der Waals surface area contributed by atoms with Gasteiger partial charge in [0.2, 0.25) is 0 Å². The number of hydrogen-bond acceptors (Lipinski definition) is 4. The van der Waals surface area contributed by atoms with Gasteiger partial charge in [-0.3, -0.25) is 4.79 Å². The fourth-order valence-electron chi connectivity index (χ4n) is 2.97. The molecule has 0 aliphatic carbocycles. The number of carbonyl (C=O) groups is 1. The first-order chi connectivity index (χ1) is 11.8. The minimum absolute atomic E-state index is 0.0690. The van der Waals surface area contributed by atoms with Crippen molar-refractivity contribution in [2.75, 3.05) is 31.1 Å². The standard InChI is InChI=1S/C19H18N2O3/c22-19(18-9-8-17(24-18)16-7-4-14-23-16)21-12-10-20(11-13-21)15-5-2-1-3-6-15/h1-9,14H,10-13H2. The van der Waals surface area contributed by atoms with Crippen molar-refractivity contribution in [2.24, 2.45) is 0 Å². The van der Waals surface area contributed by atoms with E-state index in [1.165, 1.54) is 5.69 Å². The largest absolute Gasteiger partial charge is 0.461 e. The van der Waals surface area contributed by atoms with Gasteiger partial charge in [-0.15, -0.1) is 0 Å². The lowest BCUT2D eigenvalue weighted by Crippen LogP contribution is -2.48. The van der Waals surface area contributed by atoms with Crippen LogP contribution >= 0.6 is 0 Å². The number of anilines is 1. The zero-order chi connectivity index (χ0) is 16.4. The summed E-state index contributed by atoms with van der Waals surface area (Å²) in [6.07, 6.45) is 1.59. The van der Waals surface area contributed by atoms with Crippen molar-refractivity contribution < 1.29 is 13.6 Å². The molecule has 1 aliphatic rings. The van der Waals surface area contributed by atoms with Gasteiger partial charge in [0.15, 0.2) is 17.3 Å². The Morgan fingerprint density at radius 3 is 2.33 bits per heavy atom. The van der Waals surface area contributed by atoms with Crippen LogP contribution in [0, 0.1) is 0 Å². The summed E-state index contributed by atoms with van der Waals surface area (Å²) < 4.78 is 11.0. The van der Waals surface area contributed by atoms with Gasteiger partial charge in [0.25, 0.3) is 5.91 Å². The molecule has 3 aromatic rings. The normalized spacial score (nSPS) is 14.8. The Labute approximate surface area is 140 Å². The SMILES string of the molecule is O=C(c1ccc(-c2ccco2)o1)N1CCN(c2ccccc2)CC1. The second kappa shape index (κ2) is 6.28. The molecular formula is C19H18N2O3. The fourth-order valence-corrected chi connectivity index (χ4v) is 2.97. The first kappa shape index (κ1) is 14.6. The second-order valence-electron chi connectivity index (χ2n) is 5.76. The van der Waals surface area contributed by atoms with Crippen molar-refractivity contribution in [3.05, 3.63) is 66.6 Å². The van der Waals surface area contributed by atoms with Gasteiger partial charge >= 0.3 is 0 Å². The molecule has 0 N–H and O–H groups in total. The monoisotopic (exact) mass is 322 g/mol. The van der Waals surface area contributed by atoms with E-state index in [9.17, 15) is 4.79 Å². The molecule has 0 spiro atoms. The lowest BCUT2D eigenvalue weighted by Gasteiger charge is -2.35. The number of amides is 1. The fraction of sp³-hybridized carbons (Fsp3) is 0.211. The van der Waals surface area contributed by atoms with Crippen LogP contribution in [0.15, 0.2) is 69.7 Å². The lowest BCUT2D eigenvalue weighted by molar-refractivity contribution is 0.0715. The Bertz CT molecular complexity index is 800. The number of carbonyl (C=O) groups excluding carboxylic acids is 1. The van der Waals surface area contributed by atoms with Crippen molar-refractivity contribution in [3.63, 3.8) is 0 Å². The molecule has 1 fully saturated rings. The summed E-state index contributed by atoms with van der Waals surface area (Å²) in [5.74, 6) is 1.49. The number of piperazine rings is 1. The van der Waals surface area contributed by atoms with Crippen LogP contribution in [0.4, 0.5) is 5.69 Å². The van der Waals surface area contributed by atoms with Gasteiger partial charge in [-0.25, -0.2) is 0 Å². The Kier molecular flexibility index (Phi) is 3.83. The average molecular weight is 322 g/mol. The molecule has 5 heteroatoms. The molecule has 4 rings (SSSR count). The van der Waals surface area contributed by atoms with E-state index in [1.807, 2.05) is 29.2 Å². The molecule has 24 heavy (non-hydrogen) atoms. The highest BCUT2D eigenvalue weighted by Crippen LogP contribution is 2.24. The van der Waals surface area contributed by atoms with E-state index in [2.05, 4.69) is 17.0 Å². The maximum atomic E-state index is 12.6. The Morgan fingerprint density at radius 2 is 1.62 bits per heavy atom. The highest BCUT2D eigenvalue weighted by molar-refractivity contribution is 5.92. The molecule has 1 aromatic carbocycles. The molecule has 122 valence electrons. The predicted molar refractivity (Wildman–Crippen MR) is 91.0 cm³/mol. The maximum Gasteiger partial charge on any atom is 0.289 e. The molecule has 0 unspecified atom stereocenters. The van der Waals surface area contributed by atoms with Crippen LogP contribution in [0.25, 0.3) is 11.5 Å². The average Bonchev–Trinajstić information content (AvgIpc) is 3.33. The van der Waals surface area contributed by atoms with Crippen molar-refractivity contribution in [2.45, 2.75) is 0 Å². The van der Waals surface area contributed by atoms with Gasteiger partial charge in [0.1, 0.15) is 0 Å². The summed E-state index contributed by atoms with van der Waals surface area (Å²) in [5, 5.41) is 0. The van der Waals surface area contributed by atoms with Crippen molar-refractivity contribution >= 4 is 11.6 Å². The first-order valence-electron chi connectivity index (χ1n) is 8.04. The maximum absolute atomic E-state index is 12.6. The summed E-state index contributed by atoms with van der Waals surface area (Å²) in [6, 6.07) is 17.4. The first-order valence-corrected chi connectivity index (χ1v) is 8.04. The minimum atomic E-state index is -0.0690. The molecule has 0 bridgehead atoms. The van der Waals surface area contributed by atoms with Gasteiger partial charge in [0, 0.05) is 31.9 Å². The van der Waals surface area contributed by atoms with E-state index >= 15 is 0 Å². The Balaban J connectivity index is 1.41. The molecule has 3 heterocycles. The Morgan fingerprint density at radius 1 is 0.833 bits per heavy atom. The van der Waals surface area contributed by atoms with Gasteiger partial charge in [0.05, 0.1) is 6.26 Å². The van der Waals surface area contributed by atoms with Crippen LogP contribution < -0.4 is 4.90 Å². The van der Waals surface area contributed by atoms with Crippen molar-refractivity contribution in [1.82, 2.24) is 4.90 Å². The number of furan rings is 2. The smallest absolute Gasteiger partial charge is 0.289 e. The summed E-state index contributed by atoms with van der Waals surface area (Å²) >= 11 is 0. The minimum Gasteiger partial charge on any atom is -0.461 e. The van der Waals surface area contributed by atoms with E-state index in [4.69, 9.17) is 8.83 Å². The number of hydrogen-bond donors (Lipinski definition) is 0. The quantitative estimate of drug-likeness (QED) is 0.740. The number of para-hydroxylation sites is 1. The van der Waals surface area contributed by atoms with Crippen LogP contribution in [0.3, 0.4) is 0 Å². The summed E-state index contributed by atoms with van der Waals surface area (Å²) in [4.78, 5) is 16.7. The zero-order valence-corrected chi connectivity index (χ0v) is 13.2. The molecular weight excluding hydrogens is 304 g/mol. The molecule has 1 aliphatic heterocycles. The van der Waals surface area contributed by atoms with Gasteiger partial charge in [-0.05, 0) is 36.4 Å². The van der Waals surface area contributed by atoms with Gasteiger partial charge in [-0.2, -0.15) is 0 Å². The molecule has 0 saturated carbocycles. The van der Waals surface area contributed by atoms with Crippen LogP contribution in [0.1, 0.15) is 10.6 Å². The zero-order valence-electron chi connectivity index (χ0n) is 13.2. The molecule has 1 amide bonds. The lowest BCUT2D eigenvalue weighted by atomic mass is 10.2. The van der Waals surface area contributed by atoms with E-state index in [0.29, 0.717) is 30.4 Å². The number of rotatable bonds is 3. The third-order valence-corrected chi connectivity index (χ3v) is 4.27. The van der Waals surface area contributed by atoms with E-state index in [1.54, 1.807) is 24.5 Å². The van der Waals surface area contributed by atoms with E-state index in [0.717, 1.165) is 13.1 Å². The third-order valence-electron chi connectivity index (χ3n) is 4.27. The summed E-state index contributed by atoms with van der Waals surface area (Å²) in [7, 11) is 0. The van der Waals surface area contributed by atoms with Crippen LogP contribution in [-0.4, -0.2) is 37.0 Å². The molecule has 2 aromatic heterocycles. The van der Waals surface area contributed by atoms with E-state index in [-0.39, 0.29) is 5.91 Å². The molecule has 1 saturated heterocycles. The number of benzene rings is 1. The van der Waals surface area contributed by atoms with Crippen LogP contribution in [0.2, 0.25) is 0 Å². The summed E-state index contributed by atoms with van der Waals surface area (Å²) in [6.45, 7) is 3.01. The molecule has 0 radical (unpaired) electrons. The summed E-state index contributed by atoms with van der Waals surface area (Å²) in [5.41, 5.74) is 1.20. The van der Waals surface area contributed by atoms with Crippen LogP contribution in [-0.2, 0) is 0 Å². The highest BCUT2D eigenvalue weighted by atomic mass is 16.4. The van der Waals surface area contributed by atoms with E-state index < -0.39 is 0 Å².